The number of carbonyl (C=O) groups excluding carboxylic acids is 1. The molecule has 0 saturated carbocycles. The van der Waals surface area contributed by atoms with Crippen molar-refractivity contribution in [2.45, 2.75) is 6.54 Å². The lowest BCUT2D eigenvalue weighted by molar-refractivity contribution is -0.116. The molecule has 0 aliphatic carbocycles. The number of benzene rings is 4. The van der Waals surface area contributed by atoms with Gasteiger partial charge in [0.05, 0.1) is 21.3 Å². The van der Waals surface area contributed by atoms with E-state index >= 15 is 0 Å². The Morgan fingerprint density at radius 1 is 0.794 bits per heavy atom. The van der Waals surface area contributed by atoms with Gasteiger partial charge in [-0.1, -0.05) is 36.4 Å². The van der Waals surface area contributed by atoms with Crippen molar-refractivity contribution in [1.29, 1.82) is 0 Å². The second-order valence-electron chi connectivity index (χ2n) is 8.06. The molecule has 6 heteroatoms. The molecule has 0 unspecified atom stereocenters. The van der Waals surface area contributed by atoms with E-state index in [9.17, 15) is 9.59 Å². The van der Waals surface area contributed by atoms with Crippen molar-refractivity contribution in [1.82, 2.24) is 9.55 Å². The Labute approximate surface area is 198 Å². The van der Waals surface area contributed by atoms with Crippen LogP contribution in [-0.4, -0.2) is 15.5 Å². The van der Waals surface area contributed by atoms with Gasteiger partial charge in [0.25, 0.3) is 0 Å². The van der Waals surface area contributed by atoms with Gasteiger partial charge in [0.15, 0.2) is 5.43 Å². The summed E-state index contributed by atoms with van der Waals surface area (Å²) in [6, 6.07) is 30.6. The summed E-state index contributed by atoms with van der Waals surface area (Å²) in [5, 5.41) is 5.15. The van der Waals surface area contributed by atoms with Crippen LogP contribution in [0.5, 0.6) is 0 Å². The van der Waals surface area contributed by atoms with Gasteiger partial charge >= 0.3 is 0 Å². The molecule has 0 aliphatic rings. The molecule has 0 spiro atoms. The predicted octanol–water partition coefficient (Wildman–Crippen LogP) is 6.07. The fourth-order valence-electron chi connectivity index (χ4n) is 4.28. The van der Waals surface area contributed by atoms with E-state index in [1.165, 1.54) is 0 Å². The van der Waals surface area contributed by atoms with E-state index in [2.05, 4.69) is 11.4 Å². The van der Waals surface area contributed by atoms with Gasteiger partial charge in [-0.25, -0.2) is 4.98 Å². The van der Waals surface area contributed by atoms with Crippen molar-refractivity contribution >= 4 is 55.0 Å². The average Bonchev–Trinajstić information content (AvgIpc) is 3.31. The number of para-hydroxylation sites is 3. The van der Waals surface area contributed by atoms with Gasteiger partial charge < -0.3 is 9.88 Å². The number of amides is 1. The zero-order chi connectivity index (χ0) is 23.1. The molecule has 0 aliphatic heterocycles. The molecule has 0 radical (unpaired) electrons. The largest absolute Gasteiger partial charge is 0.331 e. The van der Waals surface area contributed by atoms with E-state index in [0.717, 1.165) is 31.8 Å². The summed E-state index contributed by atoms with van der Waals surface area (Å²) in [6.45, 7) is 0.0981. The molecule has 164 valence electrons. The summed E-state index contributed by atoms with van der Waals surface area (Å²) in [5.41, 5.74) is 4.18. The first-order valence-electron chi connectivity index (χ1n) is 10.9. The van der Waals surface area contributed by atoms with E-state index in [-0.39, 0.29) is 17.9 Å². The van der Waals surface area contributed by atoms with Gasteiger partial charge in [0.2, 0.25) is 5.91 Å². The number of hydrogen-bond acceptors (Lipinski definition) is 4. The fraction of sp³-hybridized carbons (Fsp3) is 0.0357. The van der Waals surface area contributed by atoms with Crippen LogP contribution in [0.25, 0.3) is 42.6 Å². The van der Waals surface area contributed by atoms with Crippen molar-refractivity contribution in [2.75, 3.05) is 5.32 Å². The van der Waals surface area contributed by atoms with E-state index in [1.54, 1.807) is 23.5 Å². The van der Waals surface area contributed by atoms with Crippen molar-refractivity contribution in [3.63, 3.8) is 0 Å². The van der Waals surface area contributed by atoms with Gasteiger partial charge in [-0.3, -0.25) is 9.59 Å². The van der Waals surface area contributed by atoms with Gasteiger partial charge in [0.1, 0.15) is 11.6 Å². The molecular weight excluding hydrogens is 442 g/mol. The molecule has 1 N–H and O–H groups in total. The summed E-state index contributed by atoms with van der Waals surface area (Å²) >= 11 is 1.65. The second kappa shape index (κ2) is 8.24. The lowest BCUT2D eigenvalue weighted by Gasteiger charge is -2.15. The Balaban J connectivity index is 1.28. The number of thiazole rings is 1. The molecule has 6 rings (SSSR count). The number of anilines is 1. The Morgan fingerprint density at radius 2 is 1.41 bits per heavy atom. The molecule has 6 aromatic rings. The smallest absolute Gasteiger partial charge is 0.244 e. The molecule has 2 aromatic heterocycles. The summed E-state index contributed by atoms with van der Waals surface area (Å²) in [5.74, 6) is -0.160. The van der Waals surface area contributed by atoms with Crippen molar-refractivity contribution in [2.24, 2.45) is 0 Å². The molecule has 0 bridgehead atoms. The molecule has 34 heavy (non-hydrogen) atoms. The fourth-order valence-corrected chi connectivity index (χ4v) is 5.25. The van der Waals surface area contributed by atoms with Crippen molar-refractivity contribution in [3.8, 4) is 10.6 Å². The quantitative estimate of drug-likeness (QED) is 0.324. The van der Waals surface area contributed by atoms with E-state index < -0.39 is 0 Å². The third kappa shape index (κ3) is 3.54. The molecule has 0 fully saturated rings. The Hall–Kier alpha value is -4.29. The number of carbonyl (C=O) groups is 1. The molecule has 2 heterocycles. The molecule has 5 nitrogen and oxygen atoms in total. The maximum atomic E-state index is 13.0. The lowest BCUT2D eigenvalue weighted by Crippen LogP contribution is -2.21. The SMILES string of the molecule is O=C(Cn1c2ccccc2c(=O)c2ccccc21)Nc1ccc(-c2nc3ccccc3s2)cc1. The zero-order valence-corrected chi connectivity index (χ0v) is 18.9. The maximum Gasteiger partial charge on any atom is 0.244 e. The standard InChI is InChI=1S/C28H19N3O2S/c32-26(17-31-23-10-4-1-7-20(23)27(33)21-8-2-5-11-24(21)31)29-19-15-13-18(14-16-19)28-30-22-9-3-6-12-25(22)34-28/h1-16H,17H2,(H,29,32). The van der Waals surface area contributed by atoms with Crippen LogP contribution in [0.3, 0.4) is 0 Å². The summed E-state index contributed by atoms with van der Waals surface area (Å²) in [7, 11) is 0. The number of nitrogens with one attached hydrogen (secondary N) is 1. The number of aromatic nitrogens is 2. The second-order valence-corrected chi connectivity index (χ2v) is 9.09. The van der Waals surface area contributed by atoms with Gasteiger partial charge in [-0.2, -0.15) is 0 Å². The first-order valence-corrected chi connectivity index (χ1v) is 11.8. The summed E-state index contributed by atoms with van der Waals surface area (Å²) < 4.78 is 3.05. The van der Waals surface area contributed by atoms with Gasteiger partial charge in [-0.05, 0) is 60.7 Å². The zero-order valence-electron chi connectivity index (χ0n) is 18.1. The number of pyridine rings is 1. The normalized spacial score (nSPS) is 11.3. The molecular formula is C28H19N3O2S. The summed E-state index contributed by atoms with van der Waals surface area (Å²) in [6.07, 6.45) is 0. The molecule has 0 saturated heterocycles. The van der Waals surface area contributed by atoms with Crippen LogP contribution in [-0.2, 0) is 11.3 Å². The van der Waals surface area contributed by atoms with Gasteiger partial charge in [0, 0.05) is 22.0 Å². The number of fused-ring (bicyclic) bond motifs is 3. The van der Waals surface area contributed by atoms with E-state index in [1.807, 2.05) is 83.4 Å². The Morgan fingerprint density at radius 3 is 2.09 bits per heavy atom. The average molecular weight is 462 g/mol. The van der Waals surface area contributed by atoms with Crippen LogP contribution in [0.4, 0.5) is 5.69 Å². The first-order chi connectivity index (χ1) is 16.7. The number of nitrogens with zero attached hydrogens (tertiary/aromatic N) is 2. The number of hydrogen-bond donors (Lipinski definition) is 1. The Kier molecular flexibility index (Phi) is 4.93. The van der Waals surface area contributed by atoms with Gasteiger partial charge in [-0.15, -0.1) is 11.3 Å². The minimum absolute atomic E-state index is 0.0201. The minimum atomic E-state index is -0.160. The van der Waals surface area contributed by atoms with Crippen LogP contribution in [0.15, 0.2) is 102 Å². The topological polar surface area (TPSA) is 64.0 Å². The first kappa shape index (κ1) is 20.3. The van der Waals surface area contributed by atoms with E-state index in [4.69, 9.17) is 4.98 Å². The monoisotopic (exact) mass is 461 g/mol. The third-order valence-electron chi connectivity index (χ3n) is 5.89. The highest BCUT2D eigenvalue weighted by molar-refractivity contribution is 7.21. The molecule has 4 aromatic carbocycles. The Bertz CT molecular complexity index is 1660. The summed E-state index contributed by atoms with van der Waals surface area (Å²) in [4.78, 5) is 30.6. The highest BCUT2D eigenvalue weighted by Crippen LogP contribution is 2.30. The minimum Gasteiger partial charge on any atom is -0.331 e. The van der Waals surface area contributed by atoms with Crippen molar-refractivity contribution < 1.29 is 4.79 Å². The number of rotatable bonds is 4. The van der Waals surface area contributed by atoms with Crippen LogP contribution >= 0.6 is 11.3 Å². The maximum absolute atomic E-state index is 13.0. The van der Waals surface area contributed by atoms with Crippen LogP contribution in [0.1, 0.15) is 0 Å². The highest BCUT2D eigenvalue weighted by Gasteiger charge is 2.13. The van der Waals surface area contributed by atoms with Crippen LogP contribution in [0, 0.1) is 0 Å². The van der Waals surface area contributed by atoms with Crippen LogP contribution < -0.4 is 10.7 Å². The van der Waals surface area contributed by atoms with Crippen LogP contribution in [0.2, 0.25) is 0 Å². The third-order valence-corrected chi connectivity index (χ3v) is 6.98. The predicted molar refractivity (Wildman–Crippen MR) is 139 cm³/mol. The van der Waals surface area contributed by atoms with E-state index in [0.29, 0.717) is 16.5 Å². The molecule has 1 amide bonds. The van der Waals surface area contributed by atoms with Crippen molar-refractivity contribution in [3.05, 3.63) is 107 Å². The molecule has 0 atom stereocenters. The lowest BCUT2D eigenvalue weighted by atomic mass is 10.1. The highest BCUT2D eigenvalue weighted by atomic mass is 32.1.